The zero-order valence-corrected chi connectivity index (χ0v) is 7.28. The van der Waals surface area contributed by atoms with Crippen molar-refractivity contribution in [1.29, 1.82) is 0 Å². The topological polar surface area (TPSA) is 64.7 Å². The minimum absolute atomic E-state index is 0.412. The third-order valence-electron chi connectivity index (χ3n) is 2.09. The second kappa shape index (κ2) is 2.90. The van der Waals surface area contributed by atoms with Gasteiger partial charge in [-0.2, -0.15) is 4.89 Å². The largest absolute Gasteiger partial charge is 0.398 e. The minimum atomic E-state index is -0.642. The maximum absolute atomic E-state index is 9.45. The van der Waals surface area contributed by atoms with Crippen molar-refractivity contribution in [2.45, 2.75) is 19.6 Å². The first-order valence-corrected chi connectivity index (χ1v) is 4.09. The summed E-state index contributed by atoms with van der Waals surface area (Å²) in [6.07, 6.45) is -0.642. The summed E-state index contributed by atoms with van der Waals surface area (Å²) in [5.41, 5.74) is 7.75. The van der Waals surface area contributed by atoms with Crippen molar-refractivity contribution in [3.05, 3.63) is 23.3 Å². The summed E-state index contributed by atoms with van der Waals surface area (Å²) < 4.78 is 0. The van der Waals surface area contributed by atoms with Crippen molar-refractivity contribution < 1.29 is 14.9 Å². The normalized spacial score (nSPS) is 16.5. The molecule has 4 heteroatoms. The number of fused-ring (bicyclic) bond motifs is 1. The molecule has 0 bridgehead atoms. The van der Waals surface area contributed by atoms with Gasteiger partial charge in [-0.15, -0.1) is 0 Å². The molecule has 1 aromatic carbocycles. The Bertz CT molecular complexity index is 336. The molecule has 13 heavy (non-hydrogen) atoms. The summed E-state index contributed by atoms with van der Waals surface area (Å²) in [6.45, 7) is 2.06. The van der Waals surface area contributed by atoms with Gasteiger partial charge < -0.3 is 15.7 Å². The molecule has 1 aliphatic rings. The number of nitrogens with two attached hydrogens (primary N) is 1. The molecule has 1 atom stereocenters. The van der Waals surface area contributed by atoms with Gasteiger partial charge >= 0.3 is 0 Å². The Labute approximate surface area is 75.8 Å². The van der Waals surface area contributed by atoms with Gasteiger partial charge in [-0.05, 0) is 13.0 Å². The van der Waals surface area contributed by atoms with E-state index in [-0.39, 0.29) is 0 Å². The lowest BCUT2D eigenvalue weighted by molar-refractivity contribution is -0.195. The second-order valence-corrected chi connectivity index (χ2v) is 3.08. The Morgan fingerprint density at radius 3 is 3.00 bits per heavy atom. The Morgan fingerprint density at radius 2 is 2.31 bits per heavy atom. The fourth-order valence-corrected chi connectivity index (χ4v) is 1.45. The van der Waals surface area contributed by atoms with E-state index in [2.05, 4.69) is 0 Å². The SMILES string of the molecule is CC(O)c1c(N)ccc2c1OOC2. The molecule has 0 saturated carbocycles. The van der Waals surface area contributed by atoms with Crippen LogP contribution in [0.3, 0.4) is 0 Å². The zero-order chi connectivity index (χ0) is 9.42. The highest BCUT2D eigenvalue weighted by atomic mass is 17.2. The number of benzene rings is 1. The van der Waals surface area contributed by atoms with E-state index in [9.17, 15) is 5.11 Å². The fraction of sp³-hybridized carbons (Fsp3) is 0.333. The molecule has 1 heterocycles. The fourth-order valence-electron chi connectivity index (χ4n) is 1.45. The molecule has 0 aromatic heterocycles. The Hall–Kier alpha value is -1.26. The molecule has 3 N–H and O–H groups in total. The van der Waals surface area contributed by atoms with Crippen LogP contribution in [0.25, 0.3) is 0 Å². The van der Waals surface area contributed by atoms with Crippen LogP contribution in [-0.4, -0.2) is 5.11 Å². The monoisotopic (exact) mass is 181 g/mol. The quantitative estimate of drug-likeness (QED) is 0.503. The van der Waals surface area contributed by atoms with E-state index >= 15 is 0 Å². The molecule has 0 aliphatic carbocycles. The first-order valence-electron chi connectivity index (χ1n) is 4.09. The number of anilines is 1. The second-order valence-electron chi connectivity index (χ2n) is 3.08. The van der Waals surface area contributed by atoms with Gasteiger partial charge in [0.15, 0.2) is 5.75 Å². The van der Waals surface area contributed by atoms with Crippen LogP contribution in [0.2, 0.25) is 0 Å². The maximum Gasteiger partial charge on any atom is 0.178 e. The van der Waals surface area contributed by atoms with Gasteiger partial charge in [0.05, 0.1) is 6.10 Å². The van der Waals surface area contributed by atoms with Crippen LogP contribution in [-0.2, 0) is 11.5 Å². The predicted molar refractivity (Wildman–Crippen MR) is 46.9 cm³/mol. The van der Waals surface area contributed by atoms with Crippen molar-refractivity contribution >= 4 is 5.69 Å². The number of aliphatic hydroxyl groups excluding tert-OH is 1. The third kappa shape index (κ3) is 1.24. The third-order valence-corrected chi connectivity index (χ3v) is 2.09. The van der Waals surface area contributed by atoms with Crippen LogP contribution in [0.1, 0.15) is 24.2 Å². The lowest BCUT2D eigenvalue weighted by Gasteiger charge is -2.10. The van der Waals surface area contributed by atoms with Crippen molar-refractivity contribution in [3.8, 4) is 5.75 Å². The van der Waals surface area contributed by atoms with E-state index in [0.29, 0.717) is 23.6 Å². The van der Waals surface area contributed by atoms with E-state index in [1.807, 2.05) is 6.07 Å². The molecule has 1 aliphatic heterocycles. The summed E-state index contributed by atoms with van der Waals surface area (Å²) in [5, 5.41) is 9.45. The lowest BCUT2D eigenvalue weighted by atomic mass is 10.0. The van der Waals surface area contributed by atoms with Gasteiger partial charge in [0.2, 0.25) is 0 Å². The first-order chi connectivity index (χ1) is 6.20. The molecule has 70 valence electrons. The molecule has 4 nitrogen and oxygen atoms in total. The van der Waals surface area contributed by atoms with Crippen LogP contribution in [0.5, 0.6) is 5.75 Å². The summed E-state index contributed by atoms with van der Waals surface area (Å²) in [6, 6.07) is 3.59. The van der Waals surface area contributed by atoms with Crippen molar-refractivity contribution in [3.63, 3.8) is 0 Å². The summed E-state index contributed by atoms with van der Waals surface area (Å²) in [7, 11) is 0. The molecule has 0 radical (unpaired) electrons. The molecule has 1 unspecified atom stereocenters. The van der Waals surface area contributed by atoms with Gasteiger partial charge in [0, 0.05) is 16.8 Å². The molecular weight excluding hydrogens is 170 g/mol. The van der Waals surface area contributed by atoms with E-state index in [1.54, 1.807) is 13.0 Å². The standard InChI is InChI=1S/C9H11NO3/c1-5(11)8-7(10)3-2-6-4-12-13-9(6)8/h2-3,5,11H,4,10H2,1H3. The summed E-state index contributed by atoms with van der Waals surface area (Å²) in [4.78, 5) is 9.73. The van der Waals surface area contributed by atoms with Crippen LogP contribution >= 0.6 is 0 Å². The zero-order valence-electron chi connectivity index (χ0n) is 7.28. The smallest absolute Gasteiger partial charge is 0.178 e. The van der Waals surface area contributed by atoms with E-state index in [4.69, 9.17) is 15.5 Å². The van der Waals surface area contributed by atoms with Crippen molar-refractivity contribution in [2.24, 2.45) is 0 Å². The number of nitrogen functional groups attached to an aromatic ring is 1. The average molecular weight is 181 g/mol. The Kier molecular flexibility index (Phi) is 1.86. The molecule has 2 rings (SSSR count). The minimum Gasteiger partial charge on any atom is -0.398 e. The van der Waals surface area contributed by atoms with Gasteiger partial charge in [-0.3, -0.25) is 0 Å². The summed E-state index contributed by atoms with van der Waals surface area (Å²) >= 11 is 0. The van der Waals surface area contributed by atoms with Gasteiger partial charge in [0.1, 0.15) is 6.61 Å². The Morgan fingerprint density at radius 1 is 1.54 bits per heavy atom. The highest BCUT2D eigenvalue weighted by Crippen LogP contribution is 2.37. The van der Waals surface area contributed by atoms with Gasteiger partial charge in [-0.1, -0.05) is 6.07 Å². The predicted octanol–water partition coefficient (Wildman–Crippen LogP) is 1.15. The number of aliphatic hydroxyl groups is 1. The van der Waals surface area contributed by atoms with Crippen LogP contribution < -0.4 is 10.6 Å². The van der Waals surface area contributed by atoms with E-state index in [1.165, 1.54) is 0 Å². The maximum atomic E-state index is 9.45. The number of hydrogen-bond acceptors (Lipinski definition) is 4. The molecule has 1 aromatic rings. The number of hydrogen-bond donors (Lipinski definition) is 2. The van der Waals surface area contributed by atoms with Gasteiger partial charge in [-0.25, -0.2) is 0 Å². The van der Waals surface area contributed by atoms with Crippen LogP contribution in [0, 0.1) is 0 Å². The first kappa shape index (κ1) is 8.34. The van der Waals surface area contributed by atoms with E-state index in [0.717, 1.165) is 5.56 Å². The Balaban J connectivity index is 2.58. The van der Waals surface area contributed by atoms with Gasteiger partial charge in [0.25, 0.3) is 0 Å². The lowest BCUT2D eigenvalue weighted by Crippen LogP contribution is -2.01. The molecule has 0 amide bonds. The average Bonchev–Trinajstić information content (AvgIpc) is 2.50. The highest BCUT2D eigenvalue weighted by molar-refractivity contribution is 5.59. The number of rotatable bonds is 1. The van der Waals surface area contributed by atoms with E-state index < -0.39 is 6.10 Å². The van der Waals surface area contributed by atoms with Crippen LogP contribution in [0.15, 0.2) is 12.1 Å². The molecular formula is C9H11NO3. The highest BCUT2D eigenvalue weighted by Gasteiger charge is 2.22. The summed E-state index contributed by atoms with van der Waals surface area (Å²) in [5.74, 6) is 0.565. The molecule has 0 saturated heterocycles. The van der Waals surface area contributed by atoms with Crippen molar-refractivity contribution in [2.75, 3.05) is 5.73 Å². The molecule has 0 spiro atoms. The molecule has 0 fully saturated rings. The van der Waals surface area contributed by atoms with Crippen molar-refractivity contribution in [1.82, 2.24) is 0 Å². The van der Waals surface area contributed by atoms with Crippen LogP contribution in [0.4, 0.5) is 5.69 Å².